The number of fused-ring (bicyclic) bond motifs is 1. The van der Waals surface area contributed by atoms with E-state index < -0.39 is 0 Å². The summed E-state index contributed by atoms with van der Waals surface area (Å²) in [6, 6.07) is 7.36. The molecule has 0 bridgehead atoms. The summed E-state index contributed by atoms with van der Waals surface area (Å²) in [5, 5.41) is 6.13. The second-order valence-corrected chi connectivity index (χ2v) is 8.27. The topological polar surface area (TPSA) is 79.8 Å². The second kappa shape index (κ2) is 9.25. The number of thiazole rings is 1. The molecule has 0 aliphatic carbocycles. The summed E-state index contributed by atoms with van der Waals surface area (Å²) >= 11 is 6.77. The molecule has 148 valence electrons. The molecule has 2 N–H and O–H groups in total. The summed E-state index contributed by atoms with van der Waals surface area (Å²) in [7, 11) is 0. The molecule has 0 spiro atoms. The normalized spacial score (nSPS) is 11.2. The highest BCUT2D eigenvalue weighted by Crippen LogP contribution is 2.21. The summed E-state index contributed by atoms with van der Waals surface area (Å²) in [6.07, 6.45) is 2.83. The van der Waals surface area contributed by atoms with Crippen molar-refractivity contribution in [1.82, 2.24) is 14.5 Å². The Hall–Kier alpha value is -2.32. The van der Waals surface area contributed by atoms with Crippen LogP contribution in [-0.2, 0) is 11.3 Å². The Kier molecular flexibility index (Phi) is 6.74. The van der Waals surface area contributed by atoms with Crippen molar-refractivity contribution in [3.8, 4) is 0 Å². The number of aromatic nitrogens is 3. The maximum Gasteiger partial charge on any atom is 0.262 e. The number of benzene rings is 1. The highest BCUT2D eigenvalue weighted by Gasteiger charge is 2.09. The molecule has 3 rings (SSSR count). The quantitative estimate of drug-likeness (QED) is 0.407. The zero-order valence-electron chi connectivity index (χ0n) is 16.0. The van der Waals surface area contributed by atoms with E-state index in [4.69, 9.17) is 12.2 Å². The Labute approximate surface area is 172 Å². The van der Waals surface area contributed by atoms with Crippen molar-refractivity contribution >= 4 is 45.5 Å². The molecule has 1 amide bonds. The standard InChI is InChI=1S/C20H24N4O2S2/c1-13(2)16-12-28-19(21-16)23-17(25)10-4-3-7-11-24-18(26)14-8-5-6-9-15(14)22-20(24)27/h5-6,8-9,12-13H,3-4,7,10-11H2,1-2H3,(H,22,27)(H,21,23,25). The fraction of sp³-hybridized carbons (Fsp3) is 0.400. The zero-order chi connectivity index (χ0) is 20.1. The SMILES string of the molecule is CC(C)c1csc(NC(=O)CCCCCn2c(=S)[nH]c3ccccc3c2=O)n1. The van der Waals surface area contributed by atoms with Crippen LogP contribution in [0, 0.1) is 4.77 Å². The maximum absolute atomic E-state index is 12.6. The second-order valence-electron chi connectivity index (χ2n) is 7.02. The Morgan fingerprint density at radius 3 is 2.82 bits per heavy atom. The van der Waals surface area contributed by atoms with Crippen LogP contribution in [0.1, 0.15) is 51.1 Å². The number of carbonyl (C=O) groups is 1. The first kappa shape index (κ1) is 20.4. The lowest BCUT2D eigenvalue weighted by molar-refractivity contribution is -0.116. The Balaban J connectivity index is 1.47. The number of aromatic amines is 1. The van der Waals surface area contributed by atoms with E-state index in [9.17, 15) is 9.59 Å². The molecule has 1 aromatic carbocycles. The van der Waals surface area contributed by atoms with Crippen molar-refractivity contribution in [2.75, 3.05) is 5.32 Å². The van der Waals surface area contributed by atoms with E-state index in [2.05, 4.69) is 29.1 Å². The molecule has 0 fully saturated rings. The third kappa shape index (κ3) is 4.94. The Morgan fingerprint density at radius 1 is 1.29 bits per heavy atom. The van der Waals surface area contributed by atoms with Gasteiger partial charge in [-0.3, -0.25) is 14.2 Å². The van der Waals surface area contributed by atoms with Gasteiger partial charge in [-0.1, -0.05) is 32.4 Å². The number of unbranched alkanes of at least 4 members (excludes halogenated alkanes) is 2. The lowest BCUT2D eigenvalue weighted by Gasteiger charge is -2.08. The van der Waals surface area contributed by atoms with E-state index >= 15 is 0 Å². The van der Waals surface area contributed by atoms with Gasteiger partial charge in [0.05, 0.1) is 16.6 Å². The average Bonchev–Trinajstić information content (AvgIpc) is 3.12. The molecular formula is C20H24N4O2S2. The molecule has 2 aromatic heterocycles. The molecule has 0 radical (unpaired) electrons. The van der Waals surface area contributed by atoms with Crippen LogP contribution < -0.4 is 10.9 Å². The van der Waals surface area contributed by atoms with E-state index in [0.717, 1.165) is 30.5 Å². The fourth-order valence-corrected chi connectivity index (χ4v) is 4.10. The molecule has 0 saturated heterocycles. The minimum Gasteiger partial charge on any atom is -0.332 e. The van der Waals surface area contributed by atoms with Crippen molar-refractivity contribution < 1.29 is 4.79 Å². The van der Waals surface area contributed by atoms with Gasteiger partial charge in [0, 0.05) is 18.3 Å². The van der Waals surface area contributed by atoms with Crippen LogP contribution in [0.15, 0.2) is 34.4 Å². The van der Waals surface area contributed by atoms with Crippen molar-refractivity contribution in [3.05, 3.63) is 50.5 Å². The average molecular weight is 417 g/mol. The van der Waals surface area contributed by atoms with Gasteiger partial charge in [-0.2, -0.15) is 0 Å². The molecule has 0 aliphatic heterocycles. The van der Waals surface area contributed by atoms with Crippen molar-refractivity contribution in [2.45, 2.75) is 52.0 Å². The van der Waals surface area contributed by atoms with Crippen molar-refractivity contribution in [3.63, 3.8) is 0 Å². The summed E-state index contributed by atoms with van der Waals surface area (Å²) in [5.74, 6) is 0.330. The maximum atomic E-state index is 12.6. The van der Waals surface area contributed by atoms with E-state index in [-0.39, 0.29) is 11.5 Å². The number of amides is 1. The van der Waals surface area contributed by atoms with Crippen LogP contribution in [0.5, 0.6) is 0 Å². The van der Waals surface area contributed by atoms with Crippen LogP contribution in [0.4, 0.5) is 5.13 Å². The minimum absolute atomic E-state index is 0.0233. The van der Waals surface area contributed by atoms with Crippen LogP contribution in [0.25, 0.3) is 10.9 Å². The van der Waals surface area contributed by atoms with Gasteiger partial charge < -0.3 is 10.3 Å². The Bertz CT molecular complexity index is 1080. The summed E-state index contributed by atoms with van der Waals surface area (Å²) < 4.78 is 2.03. The number of anilines is 1. The molecular weight excluding hydrogens is 392 g/mol. The van der Waals surface area contributed by atoms with Crippen LogP contribution >= 0.6 is 23.6 Å². The third-order valence-corrected chi connectivity index (χ3v) is 5.63. The fourth-order valence-electron chi connectivity index (χ4n) is 2.92. The van der Waals surface area contributed by atoms with Crippen LogP contribution in [-0.4, -0.2) is 20.4 Å². The van der Waals surface area contributed by atoms with Gasteiger partial charge in [0.1, 0.15) is 0 Å². The van der Waals surface area contributed by atoms with Gasteiger partial charge in [-0.05, 0) is 43.1 Å². The van der Waals surface area contributed by atoms with Crippen LogP contribution in [0.2, 0.25) is 0 Å². The van der Waals surface area contributed by atoms with Crippen molar-refractivity contribution in [1.29, 1.82) is 0 Å². The summed E-state index contributed by atoms with van der Waals surface area (Å²) in [5.41, 5.74) is 1.69. The Morgan fingerprint density at radius 2 is 2.07 bits per heavy atom. The third-order valence-electron chi connectivity index (χ3n) is 4.53. The first-order chi connectivity index (χ1) is 13.5. The molecule has 28 heavy (non-hydrogen) atoms. The molecule has 0 atom stereocenters. The number of H-pyrrole nitrogens is 1. The summed E-state index contributed by atoms with van der Waals surface area (Å²) in [6.45, 7) is 4.70. The molecule has 2 heterocycles. The smallest absolute Gasteiger partial charge is 0.262 e. The number of para-hydroxylation sites is 1. The predicted molar refractivity (Wildman–Crippen MR) is 117 cm³/mol. The van der Waals surface area contributed by atoms with Gasteiger partial charge >= 0.3 is 0 Å². The van der Waals surface area contributed by atoms with Gasteiger partial charge in [-0.25, -0.2) is 4.98 Å². The van der Waals surface area contributed by atoms with Gasteiger partial charge in [0.25, 0.3) is 5.56 Å². The highest BCUT2D eigenvalue weighted by atomic mass is 32.1. The lowest BCUT2D eigenvalue weighted by Crippen LogP contribution is -2.22. The summed E-state index contributed by atoms with van der Waals surface area (Å²) in [4.78, 5) is 32.2. The monoisotopic (exact) mass is 416 g/mol. The molecule has 3 aromatic rings. The van der Waals surface area contributed by atoms with E-state index in [1.807, 2.05) is 23.6 Å². The number of carbonyl (C=O) groups excluding carboxylic acids is 1. The first-order valence-corrected chi connectivity index (χ1v) is 10.7. The van der Waals surface area contributed by atoms with Gasteiger partial charge in [0.15, 0.2) is 9.90 Å². The van der Waals surface area contributed by atoms with Crippen LogP contribution in [0.3, 0.4) is 0 Å². The number of rotatable bonds is 8. The number of nitrogens with zero attached hydrogens (tertiary/aromatic N) is 2. The van der Waals surface area contributed by atoms with E-state index in [0.29, 0.717) is 34.2 Å². The largest absolute Gasteiger partial charge is 0.332 e. The first-order valence-electron chi connectivity index (χ1n) is 9.43. The molecule has 8 heteroatoms. The molecule has 0 aliphatic rings. The van der Waals surface area contributed by atoms with E-state index in [1.54, 1.807) is 10.6 Å². The molecule has 0 saturated carbocycles. The lowest BCUT2D eigenvalue weighted by atomic mass is 10.2. The molecule has 6 nitrogen and oxygen atoms in total. The number of nitrogens with one attached hydrogen (secondary N) is 2. The minimum atomic E-state index is -0.0678. The van der Waals surface area contributed by atoms with E-state index in [1.165, 1.54) is 11.3 Å². The number of hydrogen-bond acceptors (Lipinski definition) is 5. The zero-order valence-corrected chi connectivity index (χ0v) is 17.7. The highest BCUT2D eigenvalue weighted by molar-refractivity contribution is 7.71. The van der Waals surface area contributed by atoms with Gasteiger partial charge in [-0.15, -0.1) is 11.3 Å². The van der Waals surface area contributed by atoms with Gasteiger partial charge in [0.2, 0.25) is 5.91 Å². The molecule has 0 unspecified atom stereocenters. The number of hydrogen-bond donors (Lipinski definition) is 2. The van der Waals surface area contributed by atoms with Crippen molar-refractivity contribution in [2.24, 2.45) is 0 Å². The predicted octanol–water partition coefficient (Wildman–Crippen LogP) is 4.84.